The summed E-state index contributed by atoms with van der Waals surface area (Å²) in [5.74, 6) is 2.26. The fourth-order valence-electron chi connectivity index (χ4n) is 2.42. The number of furan rings is 1. The van der Waals surface area contributed by atoms with Crippen molar-refractivity contribution in [2.24, 2.45) is 0 Å². The van der Waals surface area contributed by atoms with Crippen LogP contribution in [0.15, 0.2) is 58.3 Å². The highest BCUT2D eigenvalue weighted by Crippen LogP contribution is 2.24. The molecule has 2 heterocycles. The summed E-state index contributed by atoms with van der Waals surface area (Å²) in [6, 6.07) is 13.7. The van der Waals surface area contributed by atoms with E-state index < -0.39 is 0 Å². The van der Waals surface area contributed by atoms with Gasteiger partial charge in [0.15, 0.2) is 11.0 Å². The molecule has 6 heteroatoms. The number of ketones is 1. The van der Waals surface area contributed by atoms with E-state index in [1.54, 1.807) is 6.26 Å². The van der Waals surface area contributed by atoms with E-state index in [0.717, 1.165) is 28.8 Å². The number of carbonyl (C=O) groups excluding carboxylic acids is 1. The highest BCUT2D eigenvalue weighted by atomic mass is 32.2. The summed E-state index contributed by atoms with van der Waals surface area (Å²) < 4.78 is 7.29. The van der Waals surface area contributed by atoms with Gasteiger partial charge < -0.3 is 8.98 Å². The van der Waals surface area contributed by atoms with Gasteiger partial charge in [-0.2, -0.15) is 0 Å². The molecule has 0 aliphatic carbocycles. The fourth-order valence-corrected chi connectivity index (χ4v) is 3.32. The lowest BCUT2D eigenvalue weighted by molar-refractivity contribution is -0.116. The molecule has 0 spiro atoms. The zero-order valence-electron chi connectivity index (χ0n) is 13.5. The summed E-state index contributed by atoms with van der Waals surface area (Å²) in [6.45, 7) is 2.82. The number of aryl methyl sites for hydroxylation is 1. The highest BCUT2D eigenvalue weighted by Gasteiger charge is 2.14. The molecule has 0 radical (unpaired) electrons. The standard InChI is InChI=1S/C18H19N3O2S/c1-2-21-17(14-7-4-3-5-8-14)19-20-18(21)24-13-15(22)10-11-16-9-6-12-23-16/h3-9,12H,2,10-11,13H2,1H3. The molecule has 124 valence electrons. The van der Waals surface area contributed by atoms with Gasteiger partial charge in [0.25, 0.3) is 0 Å². The van der Waals surface area contributed by atoms with Crippen LogP contribution in [-0.4, -0.2) is 26.3 Å². The molecule has 0 aliphatic rings. The van der Waals surface area contributed by atoms with Gasteiger partial charge in [-0.3, -0.25) is 4.79 Å². The second-order valence-corrected chi connectivity index (χ2v) is 6.27. The molecular formula is C18H19N3O2S. The molecule has 3 aromatic rings. The van der Waals surface area contributed by atoms with Crippen molar-refractivity contribution in [2.45, 2.75) is 31.5 Å². The van der Waals surface area contributed by atoms with Crippen LogP contribution in [0.1, 0.15) is 19.1 Å². The Bertz CT molecular complexity index is 782. The highest BCUT2D eigenvalue weighted by molar-refractivity contribution is 7.99. The van der Waals surface area contributed by atoms with E-state index in [1.807, 2.05) is 47.0 Å². The Hall–Kier alpha value is -2.34. The van der Waals surface area contributed by atoms with Gasteiger partial charge in [-0.1, -0.05) is 42.1 Å². The van der Waals surface area contributed by atoms with Crippen LogP contribution >= 0.6 is 11.8 Å². The fraction of sp³-hybridized carbons (Fsp3) is 0.278. The van der Waals surface area contributed by atoms with Gasteiger partial charge in [-0.25, -0.2) is 0 Å². The molecule has 0 atom stereocenters. The molecule has 0 N–H and O–H groups in total. The third-order valence-corrected chi connectivity index (χ3v) is 4.68. The van der Waals surface area contributed by atoms with Crippen molar-refractivity contribution in [1.82, 2.24) is 14.8 Å². The maximum atomic E-state index is 12.1. The molecule has 0 fully saturated rings. The van der Waals surface area contributed by atoms with E-state index in [-0.39, 0.29) is 5.78 Å². The number of thioether (sulfide) groups is 1. The van der Waals surface area contributed by atoms with Gasteiger partial charge in [-0.15, -0.1) is 10.2 Å². The Labute approximate surface area is 145 Å². The number of rotatable bonds is 8. The lowest BCUT2D eigenvalue weighted by Crippen LogP contribution is -2.05. The Balaban J connectivity index is 1.61. The predicted molar refractivity (Wildman–Crippen MR) is 93.9 cm³/mol. The normalized spacial score (nSPS) is 10.9. The lowest BCUT2D eigenvalue weighted by atomic mass is 10.2. The molecule has 0 unspecified atom stereocenters. The molecule has 0 amide bonds. The summed E-state index contributed by atoms with van der Waals surface area (Å²) in [4.78, 5) is 12.1. The third kappa shape index (κ3) is 3.94. The van der Waals surface area contributed by atoms with E-state index in [2.05, 4.69) is 17.1 Å². The number of aromatic nitrogens is 3. The quantitative estimate of drug-likeness (QED) is 0.582. The zero-order chi connectivity index (χ0) is 16.8. The van der Waals surface area contributed by atoms with Crippen LogP contribution in [-0.2, 0) is 17.8 Å². The molecular weight excluding hydrogens is 322 g/mol. The van der Waals surface area contributed by atoms with Crippen LogP contribution in [0.4, 0.5) is 0 Å². The summed E-state index contributed by atoms with van der Waals surface area (Å²) in [7, 11) is 0. The molecule has 0 aliphatic heterocycles. The number of benzene rings is 1. The lowest BCUT2D eigenvalue weighted by Gasteiger charge is -2.07. The molecule has 2 aromatic heterocycles. The third-order valence-electron chi connectivity index (χ3n) is 3.66. The van der Waals surface area contributed by atoms with Crippen molar-refractivity contribution in [3.05, 3.63) is 54.5 Å². The largest absolute Gasteiger partial charge is 0.469 e. The first kappa shape index (κ1) is 16.5. The SMILES string of the molecule is CCn1c(SCC(=O)CCc2ccco2)nnc1-c1ccccc1. The van der Waals surface area contributed by atoms with Gasteiger partial charge in [-0.05, 0) is 19.1 Å². The van der Waals surface area contributed by atoms with Crippen molar-refractivity contribution in [2.75, 3.05) is 5.75 Å². The van der Waals surface area contributed by atoms with Gasteiger partial charge in [0.05, 0.1) is 12.0 Å². The first-order valence-electron chi connectivity index (χ1n) is 7.93. The molecule has 3 rings (SSSR count). The van der Waals surface area contributed by atoms with E-state index in [1.165, 1.54) is 11.8 Å². The molecule has 0 saturated heterocycles. The van der Waals surface area contributed by atoms with Gasteiger partial charge in [0.1, 0.15) is 11.5 Å². The Morgan fingerprint density at radius 1 is 1.17 bits per heavy atom. The average molecular weight is 341 g/mol. The van der Waals surface area contributed by atoms with E-state index in [4.69, 9.17) is 4.42 Å². The minimum Gasteiger partial charge on any atom is -0.469 e. The molecule has 0 saturated carbocycles. The first-order valence-corrected chi connectivity index (χ1v) is 8.92. The summed E-state index contributed by atoms with van der Waals surface area (Å²) >= 11 is 1.44. The van der Waals surface area contributed by atoms with Gasteiger partial charge in [0, 0.05) is 24.9 Å². The average Bonchev–Trinajstić information content (AvgIpc) is 3.28. The van der Waals surface area contributed by atoms with Crippen LogP contribution in [0.3, 0.4) is 0 Å². The molecule has 1 aromatic carbocycles. The van der Waals surface area contributed by atoms with Crippen molar-refractivity contribution in [3.8, 4) is 11.4 Å². The molecule has 24 heavy (non-hydrogen) atoms. The number of carbonyl (C=O) groups is 1. The second kappa shape index (κ2) is 7.97. The summed E-state index contributed by atoms with van der Waals surface area (Å²) in [6.07, 6.45) is 2.75. The van der Waals surface area contributed by atoms with Gasteiger partial charge in [0.2, 0.25) is 0 Å². The van der Waals surface area contributed by atoms with Crippen molar-refractivity contribution in [1.29, 1.82) is 0 Å². The van der Waals surface area contributed by atoms with Crippen LogP contribution < -0.4 is 0 Å². The monoisotopic (exact) mass is 341 g/mol. The topological polar surface area (TPSA) is 60.9 Å². The Morgan fingerprint density at radius 3 is 2.71 bits per heavy atom. The zero-order valence-corrected chi connectivity index (χ0v) is 14.3. The van der Waals surface area contributed by atoms with Crippen molar-refractivity contribution < 1.29 is 9.21 Å². The maximum absolute atomic E-state index is 12.1. The number of nitrogens with zero attached hydrogens (tertiary/aromatic N) is 3. The smallest absolute Gasteiger partial charge is 0.191 e. The Kier molecular flexibility index (Phi) is 5.48. The van der Waals surface area contributed by atoms with Gasteiger partial charge >= 0.3 is 0 Å². The summed E-state index contributed by atoms with van der Waals surface area (Å²) in [5, 5.41) is 9.32. The van der Waals surface area contributed by atoms with E-state index in [0.29, 0.717) is 18.6 Å². The summed E-state index contributed by atoms with van der Waals surface area (Å²) in [5.41, 5.74) is 1.03. The van der Waals surface area contributed by atoms with Crippen LogP contribution in [0, 0.1) is 0 Å². The Morgan fingerprint density at radius 2 is 2.00 bits per heavy atom. The minimum atomic E-state index is 0.184. The first-order chi connectivity index (χ1) is 11.8. The number of hydrogen-bond donors (Lipinski definition) is 0. The van der Waals surface area contributed by atoms with Crippen molar-refractivity contribution in [3.63, 3.8) is 0 Å². The van der Waals surface area contributed by atoms with Crippen LogP contribution in [0.5, 0.6) is 0 Å². The predicted octanol–water partition coefficient (Wildman–Crippen LogP) is 3.85. The van der Waals surface area contributed by atoms with E-state index >= 15 is 0 Å². The number of hydrogen-bond acceptors (Lipinski definition) is 5. The minimum absolute atomic E-state index is 0.184. The second-order valence-electron chi connectivity index (χ2n) is 5.32. The van der Waals surface area contributed by atoms with Crippen molar-refractivity contribution >= 4 is 17.5 Å². The molecule has 0 bridgehead atoms. The van der Waals surface area contributed by atoms with Crippen LogP contribution in [0.25, 0.3) is 11.4 Å². The number of Topliss-reactive ketones (excluding diaryl/α,β-unsaturated/α-hetero) is 1. The van der Waals surface area contributed by atoms with E-state index in [9.17, 15) is 4.79 Å². The maximum Gasteiger partial charge on any atom is 0.191 e. The van der Waals surface area contributed by atoms with Crippen LogP contribution in [0.2, 0.25) is 0 Å². The molecule has 5 nitrogen and oxygen atoms in total.